The van der Waals surface area contributed by atoms with Gasteiger partial charge in [-0.25, -0.2) is 4.68 Å². The fraction of sp³-hybridized carbons (Fsp3) is 0.600. The lowest BCUT2D eigenvalue weighted by molar-refractivity contribution is 0.174. The lowest BCUT2D eigenvalue weighted by Gasteiger charge is -2.19. The van der Waals surface area contributed by atoms with Gasteiger partial charge in [0.1, 0.15) is 12.6 Å². The summed E-state index contributed by atoms with van der Waals surface area (Å²) in [5, 5.41) is 11.5. The second-order valence-electron chi connectivity index (χ2n) is 6.06. The molecule has 0 amide bonds. The summed E-state index contributed by atoms with van der Waals surface area (Å²) in [5.41, 5.74) is 1.99. The predicted molar refractivity (Wildman–Crippen MR) is 82.8 cm³/mol. The van der Waals surface area contributed by atoms with E-state index in [0.29, 0.717) is 19.0 Å². The van der Waals surface area contributed by atoms with Crippen LogP contribution in [0, 0.1) is 0 Å². The van der Waals surface area contributed by atoms with E-state index in [9.17, 15) is 4.79 Å². The molecule has 1 saturated heterocycles. The Bertz CT molecular complexity index is 786. The quantitative estimate of drug-likeness (QED) is 0.834. The van der Waals surface area contributed by atoms with Crippen LogP contribution in [-0.4, -0.2) is 46.3 Å². The number of hydrogen-bond acceptors (Lipinski definition) is 8. The van der Waals surface area contributed by atoms with Gasteiger partial charge in [-0.05, 0) is 24.8 Å². The zero-order valence-corrected chi connectivity index (χ0v) is 13.4. The Morgan fingerprint density at radius 1 is 1.42 bits per heavy atom. The molecule has 2 atom stereocenters. The van der Waals surface area contributed by atoms with Gasteiger partial charge >= 0.3 is 6.01 Å². The van der Waals surface area contributed by atoms with Gasteiger partial charge in [0, 0.05) is 13.2 Å². The van der Waals surface area contributed by atoms with Crippen molar-refractivity contribution < 1.29 is 14.0 Å². The first-order valence-corrected chi connectivity index (χ1v) is 8.02. The molecule has 9 nitrogen and oxygen atoms in total. The number of methoxy groups -OCH3 is 1. The van der Waals surface area contributed by atoms with E-state index >= 15 is 0 Å². The number of ether oxygens (including phenoxy) is 2. The van der Waals surface area contributed by atoms with E-state index in [0.717, 1.165) is 30.5 Å². The number of hydrogen-bond donors (Lipinski definition) is 1. The number of fused-ring (bicyclic) bond motifs is 1. The highest BCUT2D eigenvalue weighted by Crippen LogP contribution is 2.23. The number of anilines is 1. The highest BCUT2D eigenvalue weighted by molar-refractivity contribution is 5.25. The largest absolute Gasteiger partial charge is 0.377 e. The van der Waals surface area contributed by atoms with Crippen LogP contribution in [0.3, 0.4) is 0 Å². The highest BCUT2D eigenvalue weighted by Gasteiger charge is 2.33. The van der Waals surface area contributed by atoms with Gasteiger partial charge in [0.05, 0.1) is 24.9 Å². The molecule has 0 aromatic carbocycles. The number of aromatic nitrogens is 4. The van der Waals surface area contributed by atoms with E-state index in [4.69, 9.17) is 14.0 Å². The Morgan fingerprint density at radius 2 is 2.33 bits per heavy atom. The molecule has 4 rings (SSSR count). The van der Waals surface area contributed by atoms with Gasteiger partial charge in [0.15, 0.2) is 5.82 Å². The van der Waals surface area contributed by atoms with E-state index in [1.165, 1.54) is 4.68 Å². The first-order chi connectivity index (χ1) is 11.7. The summed E-state index contributed by atoms with van der Waals surface area (Å²) in [7, 11) is 1.57. The van der Waals surface area contributed by atoms with E-state index in [1.807, 2.05) is 0 Å². The third-order valence-electron chi connectivity index (χ3n) is 4.40. The first-order valence-electron chi connectivity index (χ1n) is 8.02. The molecule has 0 spiro atoms. The van der Waals surface area contributed by atoms with Crippen LogP contribution in [0.2, 0.25) is 0 Å². The molecule has 128 valence electrons. The zero-order chi connectivity index (χ0) is 16.5. The van der Waals surface area contributed by atoms with Crippen molar-refractivity contribution >= 4 is 6.01 Å². The molecule has 3 heterocycles. The van der Waals surface area contributed by atoms with Crippen LogP contribution < -0.4 is 10.9 Å². The number of nitrogens with zero attached hydrogens (tertiary/aromatic N) is 4. The topological polar surface area (TPSA) is 104 Å². The lowest BCUT2D eigenvalue weighted by Crippen LogP contribution is -2.37. The second kappa shape index (κ2) is 6.33. The molecule has 0 saturated carbocycles. The average Bonchev–Trinajstić information content (AvgIpc) is 3.28. The summed E-state index contributed by atoms with van der Waals surface area (Å²) in [6.07, 6.45) is 2.91. The Balaban J connectivity index is 1.55. The fourth-order valence-electron chi connectivity index (χ4n) is 3.23. The van der Waals surface area contributed by atoms with Gasteiger partial charge in [0.25, 0.3) is 5.56 Å². The Kier molecular flexibility index (Phi) is 4.03. The smallest absolute Gasteiger partial charge is 0.321 e. The Labute approximate surface area is 138 Å². The van der Waals surface area contributed by atoms with Crippen LogP contribution in [0.15, 0.2) is 15.4 Å². The summed E-state index contributed by atoms with van der Waals surface area (Å²) >= 11 is 0. The Morgan fingerprint density at radius 3 is 3.21 bits per heavy atom. The van der Waals surface area contributed by atoms with Crippen LogP contribution in [0.1, 0.15) is 29.5 Å². The fourth-order valence-corrected chi connectivity index (χ4v) is 3.23. The Hall–Kier alpha value is -2.26. The minimum atomic E-state index is -0.207. The third-order valence-corrected chi connectivity index (χ3v) is 4.40. The molecule has 1 aliphatic heterocycles. The molecule has 1 N–H and O–H groups in total. The van der Waals surface area contributed by atoms with Gasteiger partial charge in [0.2, 0.25) is 0 Å². The van der Waals surface area contributed by atoms with Crippen molar-refractivity contribution in [1.29, 1.82) is 0 Å². The zero-order valence-electron chi connectivity index (χ0n) is 13.4. The predicted octanol–water partition coefficient (Wildman–Crippen LogP) is 0.313. The molecule has 1 aliphatic carbocycles. The number of nitrogens with one attached hydrogen (secondary N) is 1. The van der Waals surface area contributed by atoms with Gasteiger partial charge in [-0.15, -0.1) is 0 Å². The van der Waals surface area contributed by atoms with Crippen molar-refractivity contribution in [2.75, 3.05) is 25.6 Å². The minimum Gasteiger partial charge on any atom is -0.377 e. The molecule has 2 unspecified atom stereocenters. The molecular formula is C15H19N5O4. The number of rotatable bonds is 5. The van der Waals surface area contributed by atoms with Gasteiger partial charge in [-0.1, -0.05) is 5.16 Å². The monoisotopic (exact) mass is 333 g/mol. The SMILES string of the molecule is COCc1noc(NC2COCC2n2nc3c(cc2=O)CCC3)n1. The van der Waals surface area contributed by atoms with Crippen molar-refractivity contribution in [3.8, 4) is 0 Å². The molecule has 0 radical (unpaired) electrons. The third kappa shape index (κ3) is 2.80. The number of aryl methyl sites for hydroxylation is 2. The molecule has 24 heavy (non-hydrogen) atoms. The average molecular weight is 333 g/mol. The van der Waals surface area contributed by atoms with Crippen LogP contribution in [0.25, 0.3) is 0 Å². The van der Waals surface area contributed by atoms with Gasteiger partial charge < -0.3 is 19.3 Å². The normalized spacial score (nSPS) is 22.7. The summed E-state index contributed by atoms with van der Waals surface area (Å²) in [5.74, 6) is 0.461. The van der Waals surface area contributed by atoms with Crippen molar-refractivity contribution in [3.63, 3.8) is 0 Å². The minimum absolute atomic E-state index is 0.0939. The van der Waals surface area contributed by atoms with Crippen molar-refractivity contribution in [1.82, 2.24) is 19.9 Å². The summed E-state index contributed by atoms with van der Waals surface area (Å²) in [4.78, 5) is 16.6. The maximum absolute atomic E-state index is 12.4. The molecular weight excluding hydrogens is 314 g/mol. The summed E-state index contributed by atoms with van der Waals surface area (Å²) in [6.45, 7) is 1.14. The van der Waals surface area contributed by atoms with Crippen LogP contribution in [0.4, 0.5) is 6.01 Å². The van der Waals surface area contributed by atoms with Crippen molar-refractivity contribution in [3.05, 3.63) is 33.5 Å². The van der Waals surface area contributed by atoms with E-state index in [-0.39, 0.29) is 30.3 Å². The van der Waals surface area contributed by atoms with Crippen LogP contribution >= 0.6 is 0 Å². The van der Waals surface area contributed by atoms with E-state index < -0.39 is 0 Å². The maximum atomic E-state index is 12.4. The van der Waals surface area contributed by atoms with Gasteiger partial charge in [-0.2, -0.15) is 10.1 Å². The van der Waals surface area contributed by atoms with Crippen molar-refractivity contribution in [2.24, 2.45) is 0 Å². The molecule has 0 bridgehead atoms. The lowest BCUT2D eigenvalue weighted by atomic mass is 10.1. The van der Waals surface area contributed by atoms with Gasteiger partial charge in [-0.3, -0.25) is 4.79 Å². The van der Waals surface area contributed by atoms with E-state index in [1.54, 1.807) is 13.2 Å². The van der Waals surface area contributed by atoms with Crippen LogP contribution in [0.5, 0.6) is 0 Å². The van der Waals surface area contributed by atoms with E-state index in [2.05, 4.69) is 20.6 Å². The molecule has 2 aromatic heterocycles. The molecule has 9 heteroatoms. The van der Waals surface area contributed by atoms with Crippen molar-refractivity contribution in [2.45, 2.75) is 38.0 Å². The maximum Gasteiger partial charge on any atom is 0.321 e. The second-order valence-corrected chi connectivity index (χ2v) is 6.06. The molecule has 2 aromatic rings. The summed E-state index contributed by atoms with van der Waals surface area (Å²) in [6, 6.07) is 1.62. The standard InChI is InChI=1S/C15H19N5O4/c1-22-8-13-17-15(24-19-13)16-11-6-23-7-12(11)20-14(21)5-9-3-2-4-10(9)18-20/h5,11-12H,2-4,6-8H2,1H3,(H,16,17,19). The first kappa shape index (κ1) is 15.3. The molecule has 1 fully saturated rings. The summed E-state index contributed by atoms with van der Waals surface area (Å²) < 4.78 is 17.2. The highest BCUT2D eigenvalue weighted by atomic mass is 16.5. The molecule has 2 aliphatic rings. The van der Waals surface area contributed by atoms with Crippen LogP contribution in [-0.2, 0) is 28.9 Å².